The molecule has 108 valence electrons. The van der Waals surface area contributed by atoms with Crippen molar-refractivity contribution in [2.24, 2.45) is 0 Å². The highest BCUT2D eigenvalue weighted by molar-refractivity contribution is 8.13. The normalized spacial score (nSPS) is 16.2. The van der Waals surface area contributed by atoms with Crippen molar-refractivity contribution in [3.63, 3.8) is 0 Å². The number of benzene rings is 2. The number of hydrogen-bond donors (Lipinski definition) is 0. The number of carbonyl (C=O) groups excluding carboxylic acids is 1. The van der Waals surface area contributed by atoms with Gasteiger partial charge in [0.15, 0.2) is 0 Å². The number of amides is 1. The molecule has 2 aromatic rings. The first-order valence-corrected chi connectivity index (χ1v) is 8.02. The van der Waals surface area contributed by atoms with Crippen molar-refractivity contribution in [3.8, 4) is 0 Å². The molecule has 3 rings (SSSR count). The Kier molecular flexibility index (Phi) is 4.58. The Bertz CT molecular complexity index is 588. The van der Waals surface area contributed by atoms with Crippen molar-refractivity contribution >= 4 is 17.0 Å². The maximum atomic E-state index is 12.1. The predicted molar refractivity (Wildman–Crippen MR) is 86.7 cm³/mol. The van der Waals surface area contributed by atoms with E-state index in [0.29, 0.717) is 13.2 Å². The highest BCUT2D eigenvalue weighted by Gasteiger charge is 2.24. The Morgan fingerprint density at radius 3 is 2.05 bits per heavy atom. The summed E-state index contributed by atoms with van der Waals surface area (Å²) < 4.78 is 0. The summed E-state index contributed by atoms with van der Waals surface area (Å²) in [5.74, 6) is 0.763. The molecule has 0 aliphatic carbocycles. The number of hydrogen-bond acceptors (Lipinski definition) is 3. The summed E-state index contributed by atoms with van der Waals surface area (Å²) in [6.45, 7) is 2.25. The van der Waals surface area contributed by atoms with Crippen LogP contribution in [0.5, 0.6) is 0 Å². The summed E-state index contributed by atoms with van der Waals surface area (Å²) in [6.07, 6.45) is 0. The third-order valence-electron chi connectivity index (χ3n) is 3.46. The molecule has 0 N–H and O–H groups in total. The average molecular weight is 298 g/mol. The topological polar surface area (TPSA) is 23.6 Å². The van der Waals surface area contributed by atoms with Crippen LogP contribution in [0, 0.1) is 0 Å². The van der Waals surface area contributed by atoms with Crippen LogP contribution in [-0.4, -0.2) is 27.6 Å². The zero-order valence-electron chi connectivity index (χ0n) is 11.8. The highest BCUT2D eigenvalue weighted by atomic mass is 32.2. The van der Waals surface area contributed by atoms with E-state index < -0.39 is 0 Å². The van der Waals surface area contributed by atoms with Crippen LogP contribution < -0.4 is 0 Å². The molecule has 0 radical (unpaired) electrons. The average Bonchev–Trinajstić information content (AvgIpc) is 2.53. The van der Waals surface area contributed by atoms with Gasteiger partial charge in [-0.15, -0.1) is 0 Å². The molecule has 1 aliphatic heterocycles. The van der Waals surface area contributed by atoms with Gasteiger partial charge in [-0.3, -0.25) is 9.69 Å². The van der Waals surface area contributed by atoms with Crippen LogP contribution in [0.25, 0.3) is 0 Å². The van der Waals surface area contributed by atoms with Gasteiger partial charge >= 0.3 is 0 Å². The Morgan fingerprint density at radius 2 is 1.43 bits per heavy atom. The molecule has 1 aliphatic rings. The molecule has 4 heteroatoms. The third kappa shape index (κ3) is 3.86. The molecule has 1 heterocycles. The zero-order valence-corrected chi connectivity index (χ0v) is 12.6. The van der Waals surface area contributed by atoms with Crippen molar-refractivity contribution in [2.75, 3.05) is 12.5 Å². The van der Waals surface area contributed by atoms with E-state index in [1.54, 1.807) is 0 Å². The molecule has 0 bridgehead atoms. The molecule has 21 heavy (non-hydrogen) atoms. The fraction of sp³-hybridized carbons (Fsp3) is 0.235. The van der Waals surface area contributed by atoms with Crippen LogP contribution in [0.4, 0.5) is 4.79 Å². The van der Waals surface area contributed by atoms with Crippen LogP contribution in [-0.2, 0) is 13.1 Å². The van der Waals surface area contributed by atoms with Crippen LogP contribution in [0.15, 0.2) is 60.7 Å². The molecule has 2 aromatic carbocycles. The van der Waals surface area contributed by atoms with Crippen LogP contribution in [0.2, 0.25) is 0 Å². The summed E-state index contributed by atoms with van der Waals surface area (Å²) in [5.41, 5.74) is 2.46. The second-order valence-electron chi connectivity index (χ2n) is 5.18. The maximum Gasteiger partial charge on any atom is 0.284 e. The van der Waals surface area contributed by atoms with Gasteiger partial charge in [-0.05, 0) is 22.9 Å². The quantitative estimate of drug-likeness (QED) is 0.858. The molecular weight excluding hydrogens is 280 g/mol. The van der Waals surface area contributed by atoms with E-state index in [1.165, 1.54) is 22.9 Å². The summed E-state index contributed by atoms with van der Waals surface area (Å²) in [6, 6.07) is 20.5. The molecular formula is C17H18N2OS. The molecule has 0 atom stereocenters. The van der Waals surface area contributed by atoms with Gasteiger partial charge in [0.2, 0.25) is 0 Å². The summed E-state index contributed by atoms with van der Waals surface area (Å²) in [4.78, 5) is 16.3. The molecule has 0 saturated carbocycles. The Labute approximate surface area is 129 Å². The Hall–Kier alpha value is -1.78. The number of nitrogens with zero attached hydrogens (tertiary/aromatic N) is 2. The van der Waals surface area contributed by atoms with E-state index in [2.05, 4.69) is 41.3 Å². The van der Waals surface area contributed by atoms with Crippen molar-refractivity contribution < 1.29 is 4.79 Å². The van der Waals surface area contributed by atoms with Crippen molar-refractivity contribution in [2.45, 2.75) is 13.1 Å². The lowest BCUT2D eigenvalue weighted by atomic mass is 10.2. The van der Waals surface area contributed by atoms with Gasteiger partial charge in [0.25, 0.3) is 5.24 Å². The third-order valence-corrected chi connectivity index (χ3v) is 4.46. The molecule has 1 saturated heterocycles. The minimum Gasteiger partial charge on any atom is -0.316 e. The van der Waals surface area contributed by atoms with Gasteiger partial charge in [0.05, 0.1) is 12.5 Å². The van der Waals surface area contributed by atoms with Gasteiger partial charge in [-0.25, -0.2) is 0 Å². The van der Waals surface area contributed by atoms with Crippen molar-refractivity contribution in [3.05, 3.63) is 71.8 Å². The fourth-order valence-corrected chi connectivity index (χ4v) is 3.20. The smallest absolute Gasteiger partial charge is 0.284 e. The lowest BCUT2D eigenvalue weighted by Gasteiger charge is -2.34. The van der Waals surface area contributed by atoms with E-state index in [1.807, 2.05) is 29.2 Å². The second kappa shape index (κ2) is 6.78. The van der Waals surface area contributed by atoms with Crippen LogP contribution in [0.3, 0.4) is 0 Å². The molecule has 1 fully saturated rings. The molecule has 1 amide bonds. The van der Waals surface area contributed by atoms with E-state index in [4.69, 9.17) is 0 Å². The number of rotatable bonds is 4. The summed E-state index contributed by atoms with van der Waals surface area (Å²) >= 11 is 1.39. The fourth-order valence-electron chi connectivity index (χ4n) is 2.43. The molecule has 3 nitrogen and oxygen atoms in total. The summed E-state index contributed by atoms with van der Waals surface area (Å²) in [5, 5.41) is 0.170. The minimum atomic E-state index is 0.170. The molecule has 0 aromatic heterocycles. The minimum absolute atomic E-state index is 0.170. The number of thioether (sulfide) groups is 1. The number of carbonyl (C=O) groups is 1. The summed E-state index contributed by atoms with van der Waals surface area (Å²) in [7, 11) is 0. The van der Waals surface area contributed by atoms with E-state index in [-0.39, 0.29) is 5.24 Å². The first kappa shape index (κ1) is 14.2. The molecule has 0 spiro atoms. The largest absolute Gasteiger partial charge is 0.316 e. The van der Waals surface area contributed by atoms with E-state index in [9.17, 15) is 4.79 Å². The van der Waals surface area contributed by atoms with Crippen molar-refractivity contribution in [1.29, 1.82) is 0 Å². The lowest BCUT2D eigenvalue weighted by Crippen LogP contribution is -2.43. The van der Waals surface area contributed by atoms with E-state index >= 15 is 0 Å². The Morgan fingerprint density at radius 1 is 0.857 bits per heavy atom. The predicted octanol–water partition coefficient (Wildman–Crippen LogP) is 3.77. The van der Waals surface area contributed by atoms with Gasteiger partial charge in [0.1, 0.15) is 0 Å². The van der Waals surface area contributed by atoms with Gasteiger partial charge in [-0.2, -0.15) is 0 Å². The highest BCUT2D eigenvalue weighted by Crippen LogP contribution is 2.22. The van der Waals surface area contributed by atoms with Gasteiger partial charge in [0, 0.05) is 13.1 Å². The first-order valence-electron chi connectivity index (χ1n) is 7.03. The Balaban J connectivity index is 1.63. The van der Waals surface area contributed by atoms with Crippen LogP contribution >= 0.6 is 11.8 Å². The lowest BCUT2D eigenvalue weighted by molar-refractivity contribution is 0.153. The second-order valence-corrected chi connectivity index (χ2v) is 6.07. The SMILES string of the molecule is O=C1SCN(Cc2ccccc2)CN1Cc1ccccc1. The monoisotopic (exact) mass is 298 g/mol. The van der Waals surface area contributed by atoms with Crippen LogP contribution in [0.1, 0.15) is 11.1 Å². The first-order chi connectivity index (χ1) is 10.3. The van der Waals surface area contributed by atoms with E-state index in [0.717, 1.165) is 12.4 Å². The maximum absolute atomic E-state index is 12.1. The van der Waals surface area contributed by atoms with Gasteiger partial charge in [-0.1, -0.05) is 60.7 Å². The van der Waals surface area contributed by atoms with Gasteiger partial charge < -0.3 is 4.90 Å². The standard InChI is InChI=1S/C17H18N2OS/c20-17-19(12-16-9-5-2-6-10-16)13-18(14-21-17)11-15-7-3-1-4-8-15/h1-10H,11-14H2. The molecule has 0 unspecified atom stereocenters. The van der Waals surface area contributed by atoms with Crippen molar-refractivity contribution in [1.82, 2.24) is 9.80 Å². The zero-order chi connectivity index (χ0) is 14.5.